The highest BCUT2D eigenvalue weighted by atomic mass is 16.5. The van der Waals surface area contributed by atoms with Gasteiger partial charge < -0.3 is 15.0 Å². The van der Waals surface area contributed by atoms with E-state index in [1.807, 2.05) is 6.07 Å². The average molecular weight is 206 g/mol. The van der Waals surface area contributed by atoms with Crippen LogP contribution in [-0.4, -0.2) is 48.4 Å². The minimum Gasteiger partial charge on any atom is -0.373 e. The molecule has 0 bridgehead atoms. The lowest BCUT2D eigenvalue weighted by molar-refractivity contribution is 0.0343. The Kier molecular flexibility index (Phi) is 2.26. The quantitative estimate of drug-likeness (QED) is 0.681. The van der Waals surface area contributed by atoms with Crippen LogP contribution >= 0.6 is 0 Å². The summed E-state index contributed by atoms with van der Waals surface area (Å²) in [7, 11) is 0. The van der Waals surface area contributed by atoms with Gasteiger partial charge in [-0.1, -0.05) is 0 Å². The van der Waals surface area contributed by atoms with E-state index in [0.29, 0.717) is 12.1 Å². The molecule has 0 aromatic carbocycles. The molecular weight excluding hydrogens is 192 g/mol. The predicted molar refractivity (Wildman–Crippen MR) is 55.8 cm³/mol. The number of anilines is 1. The van der Waals surface area contributed by atoms with Crippen molar-refractivity contribution in [3.8, 4) is 0 Å². The summed E-state index contributed by atoms with van der Waals surface area (Å²) < 4.78 is 5.69. The van der Waals surface area contributed by atoms with Crippen LogP contribution in [0.4, 0.5) is 5.95 Å². The van der Waals surface area contributed by atoms with Crippen LogP contribution in [0.5, 0.6) is 0 Å². The number of nitrogens with one attached hydrogen (secondary N) is 1. The number of ether oxygens (including phenoxy) is 1. The zero-order valence-corrected chi connectivity index (χ0v) is 8.47. The molecule has 5 heteroatoms. The van der Waals surface area contributed by atoms with E-state index in [-0.39, 0.29) is 0 Å². The molecule has 80 valence electrons. The topological polar surface area (TPSA) is 50.3 Å². The molecule has 0 radical (unpaired) electrons. The van der Waals surface area contributed by atoms with Gasteiger partial charge in [0.1, 0.15) is 0 Å². The molecule has 0 saturated carbocycles. The standard InChI is InChI=1S/C10H14N4O/c1-2-12-10(13-3-1)14-4-5-15-9-7-11-6-8(9)14/h1-3,8-9,11H,4-7H2/t8-,9+/m1/s1. The summed E-state index contributed by atoms with van der Waals surface area (Å²) in [6.07, 6.45) is 3.87. The van der Waals surface area contributed by atoms with E-state index >= 15 is 0 Å². The molecular formula is C10H14N4O. The van der Waals surface area contributed by atoms with Crippen LogP contribution in [0.25, 0.3) is 0 Å². The van der Waals surface area contributed by atoms with Gasteiger partial charge in [-0.3, -0.25) is 0 Å². The third kappa shape index (κ3) is 1.57. The molecule has 0 aliphatic carbocycles. The van der Waals surface area contributed by atoms with E-state index in [1.54, 1.807) is 12.4 Å². The Morgan fingerprint density at radius 3 is 3.07 bits per heavy atom. The van der Waals surface area contributed by atoms with Crippen LogP contribution < -0.4 is 10.2 Å². The van der Waals surface area contributed by atoms with Gasteiger partial charge in [0, 0.05) is 32.0 Å². The molecule has 1 aromatic heterocycles. The number of hydrogen-bond donors (Lipinski definition) is 1. The summed E-state index contributed by atoms with van der Waals surface area (Å²) in [5.74, 6) is 0.819. The first kappa shape index (κ1) is 9.06. The molecule has 0 spiro atoms. The van der Waals surface area contributed by atoms with Crippen LogP contribution in [0.15, 0.2) is 18.5 Å². The first-order chi connectivity index (χ1) is 7.45. The Morgan fingerprint density at radius 1 is 1.33 bits per heavy atom. The molecule has 2 fully saturated rings. The second-order valence-electron chi connectivity index (χ2n) is 3.88. The highest BCUT2D eigenvalue weighted by Gasteiger charge is 2.37. The summed E-state index contributed by atoms with van der Waals surface area (Å²) in [5.41, 5.74) is 0. The van der Waals surface area contributed by atoms with Crippen molar-refractivity contribution in [2.75, 3.05) is 31.1 Å². The lowest BCUT2D eigenvalue weighted by atomic mass is 10.1. The van der Waals surface area contributed by atoms with E-state index < -0.39 is 0 Å². The molecule has 5 nitrogen and oxygen atoms in total. The SMILES string of the molecule is c1cnc(N2CCO[C@H]3CNC[C@H]32)nc1. The van der Waals surface area contributed by atoms with Gasteiger partial charge in [0.15, 0.2) is 0 Å². The van der Waals surface area contributed by atoms with E-state index in [1.165, 1.54) is 0 Å². The van der Waals surface area contributed by atoms with Gasteiger partial charge in [0.2, 0.25) is 5.95 Å². The summed E-state index contributed by atoms with van der Waals surface area (Å²) in [6.45, 7) is 3.55. The monoisotopic (exact) mass is 206 g/mol. The number of rotatable bonds is 1. The summed E-state index contributed by atoms with van der Waals surface area (Å²) in [4.78, 5) is 10.8. The van der Waals surface area contributed by atoms with Crippen LogP contribution in [-0.2, 0) is 4.74 Å². The van der Waals surface area contributed by atoms with Crippen molar-refractivity contribution in [2.45, 2.75) is 12.1 Å². The second kappa shape index (κ2) is 3.75. The molecule has 15 heavy (non-hydrogen) atoms. The number of fused-ring (bicyclic) bond motifs is 1. The maximum absolute atomic E-state index is 5.69. The lowest BCUT2D eigenvalue weighted by Crippen LogP contribution is -2.51. The summed E-state index contributed by atoms with van der Waals surface area (Å²) >= 11 is 0. The lowest BCUT2D eigenvalue weighted by Gasteiger charge is -2.36. The van der Waals surface area contributed by atoms with Gasteiger partial charge >= 0.3 is 0 Å². The second-order valence-corrected chi connectivity index (χ2v) is 3.88. The van der Waals surface area contributed by atoms with E-state index in [2.05, 4.69) is 20.2 Å². The number of hydrogen-bond acceptors (Lipinski definition) is 5. The van der Waals surface area contributed by atoms with Gasteiger partial charge in [0.25, 0.3) is 0 Å². The normalized spacial score (nSPS) is 30.3. The molecule has 0 amide bonds. The van der Waals surface area contributed by atoms with Crippen LogP contribution in [0.3, 0.4) is 0 Å². The van der Waals surface area contributed by atoms with Crippen molar-refractivity contribution in [3.05, 3.63) is 18.5 Å². The molecule has 0 unspecified atom stereocenters. The molecule has 1 N–H and O–H groups in total. The van der Waals surface area contributed by atoms with Crippen LogP contribution in [0.2, 0.25) is 0 Å². The summed E-state index contributed by atoms with van der Waals surface area (Å²) in [5, 5.41) is 3.34. The van der Waals surface area contributed by atoms with Crippen molar-refractivity contribution >= 4 is 5.95 Å². The Morgan fingerprint density at radius 2 is 2.20 bits per heavy atom. The van der Waals surface area contributed by atoms with E-state index in [0.717, 1.165) is 32.2 Å². The molecule has 2 aliphatic rings. The first-order valence-electron chi connectivity index (χ1n) is 5.31. The minimum atomic E-state index is 0.294. The van der Waals surface area contributed by atoms with Crippen molar-refractivity contribution in [2.24, 2.45) is 0 Å². The van der Waals surface area contributed by atoms with Crippen molar-refractivity contribution < 1.29 is 4.74 Å². The third-order valence-electron chi connectivity index (χ3n) is 3.00. The van der Waals surface area contributed by atoms with Gasteiger partial charge in [-0.15, -0.1) is 0 Å². The highest BCUT2D eigenvalue weighted by molar-refractivity contribution is 5.33. The Hall–Kier alpha value is -1.20. The van der Waals surface area contributed by atoms with Gasteiger partial charge in [-0.25, -0.2) is 9.97 Å². The predicted octanol–water partition coefficient (Wildman–Crippen LogP) is -0.346. The highest BCUT2D eigenvalue weighted by Crippen LogP contribution is 2.21. The fourth-order valence-corrected chi connectivity index (χ4v) is 2.28. The summed E-state index contributed by atoms with van der Waals surface area (Å²) in [6, 6.07) is 2.23. The fourth-order valence-electron chi connectivity index (χ4n) is 2.28. The Balaban J connectivity index is 1.85. The van der Waals surface area contributed by atoms with Gasteiger partial charge in [-0.2, -0.15) is 0 Å². The molecule has 2 aliphatic heterocycles. The number of morpholine rings is 1. The van der Waals surface area contributed by atoms with Gasteiger partial charge in [-0.05, 0) is 6.07 Å². The Bertz CT molecular complexity index is 331. The number of nitrogens with zero attached hydrogens (tertiary/aromatic N) is 3. The van der Waals surface area contributed by atoms with E-state index in [4.69, 9.17) is 4.74 Å². The minimum absolute atomic E-state index is 0.294. The first-order valence-corrected chi connectivity index (χ1v) is 5.31. The molecule has 3 heterocycles. The van der Waals surface area contributed by atoms with Crippen molar-refractivity contribution in [1.29, 1.82) is 0 Å². The van der Waals surface area contributed by atoms with Crippen molar-refractivity contribution in [3.63, 3.8) is 0 Å². The molecule has 1 aromatic rings. The van der Waals surface area contributed by atoms with Gasteiger partial charge in [0.05, 0.1) is 18.8 Å². The maximum Gasteiger partial charge on any atom is 0.225 e. The zero-order valence-electron chi connectivity index (χ0n) is 8.47. The largest absolute Gasteiger partial charge is 0.373 e. The molecule has 3 rings (SSSR count). The third-order valence-corrected chi connectivity index (χ3v) is 3.00. The molecule has 2 saturated heterocycles. The van der Waals surface area contributed by atoms with Crippen LogP contribution in [0.1, 0.15) is 0 Å². The zero-order chi connectivity index (χ0) is 10.1. The van der Waals surface area contributed by atoms with E-state index in [9.17, 15) is 0 Å². The average Bonchev–Trinajstić information content (AvgIpc) is 2.78. The van der Waals surface area contributed by atoms with Crippen molar-refractivity contribution in [1.82, 2.24) is 15.3 Å². The Labute approximate surface area is 88.5 Å². The fraction of sp³-hybridized carbons (Fsp3) is 0.600. The molecule has 2 atom stereocenters. The maximum atomic E-state index is 5.69. The smallest absolute Gasteiger partial charge is 0.225 e. The number of aromatic nitrogens is 2. The van der Waals surface area contributed by atoms with Crippen LogP contribution in [0, 0.1) is 0 Å².